The molecule has 0 aliphatic rings. The Hall–Kier alpha value is -1.22. The Morgan fingerprint density at radius 3 is 2.53 bits per heavy atom. The summed E-state index contributed by atoms with van der Waals surface area (Å²) in [6.45, 7) is 6.79. The third kappa shape index (κ3) is 5.59. The molecule has 94 valence electrons. The molecule has 0 aliphatic heterocycles. The number of carbonyl (C=O) groups is 1. The molecule has 0 amide bonds. The number of ketones is 1. The van der Waals surface area contributed by atoms with Crippen LogP contribution in [-0.4, -0.2) is 17.9 Å². The van der Waals surface area contributed by atoms with Crippen LogP contribution in [0.1, 0.15) is 32.8 Å². The standard InChI is InChI=1S/C14H20FNO/c1-14(2,3)16-9-8-12(17)10-11-6-4-5-7-13(11)15/h4-7,16H,8-10H2,1-3H3. The molecule has 0 saturated carbocycles. The van der Waals surface area contributed by atoms with Gasteiger partial charge in [-0.25, -0.2) is 4.39 Å². The third-order valence-electron chi connectivity index (χ3n) is 2.40. The van der Waals surface area contributed by atoms with E-state index in [0.717, 1.165) is 0 Å². The van der Waals surface area contributed by atoms with Gasteiger partial charge in [-0.3, -0.25) is 4.79 Å². The lowest BCUT2D eigenvalue weighted by molar-refractivity contribution is -0.118. The minimum atomic E-state index is -0.301. The lowest BCUT2D eigenvalue weighted by Gasteiger charge is -2.20. The smallest absolute Gasteiger partial charge is 0.138 e. The molecule has 0 fully saturated rings. The first-order valence-corrected chi connectivity index (χ1v) is 5.88. The zero-order valence-corrected chi connectivity index (χ0v) is 10.7. The van der Waals surface area contributed by atoms with Crippen LogP contribution in [0.2, 0.25) is 0 Å². The average molecular weight is 237 g/mol. The summed E-state index contributed by atoms with van der Waals surface area (Å²) in [5.41, 5.74) is 0.492. The monoisotopic (exact) mass is 237 g/mol. The highest BCUT2D eigenvalue weighted by Gasteiger charge is 2.11. The second-order valence-electron chi connectivity index (χ2n) is 5.23. The average Bonchev–Trinajstić information content (AvgIpc) is 2.19. The van der Waals surface area contributed by atoms with Gasteiger partial charge in [0.25, 0.3) is 0 Å². The van der Waals surface area contributed by atoms with Gasteiger partial charge >= 0.3 is 0 Å². The summed E-state index contributed by atoms with van der Waals surface area (Å²) in [5.74, 6) is -0.239. The van der Waals surface area contributed by atoms with Gasteiger partial charge < -0.3 is 5.32 Å². The summed E-state index contributed by atoms with van der Waals surface area (Å²) in [4.78, 5) is 11.6. The number of benzene rings is 1. The van der Waals surface area contributed by atoms with Gasteiger partial charge in [0.05, 0.1) is 0 Å². The Labute approximate surface area is 102 Å². The maximum absolute atomic E-state index is 13.3. The zero-order chi connectivity index (χ0) is 12.9. The Bertz CT molecular complexity index is 382. The van der Waals surface area contributed by atoms with Crippen molar-refractivity contribution in [2.75, 3.05) is 6.54 Å². The van der Waals surface area contributed by atoms with E-state index in [1.54, 1.807) is 18.2 Å². The number of rotatable bonds is 5. The number of hydrogen-bond donors (Lipinski definition) is 1. The van der Waals surface area contributed by atoms with Crippen LogP contribution in [0.5, 0.6) is 0 Å². The molecule has 0 bridgehead atoms. The van der Waals surface area contributed by atoms with Crippen molar-refractivity contribution in [3.8, 4) is 0 Å². The van der Waals surface area contributed by atoms with Crippen molar-refractivity contribution in [2.45, 2.75) is 39.2 Å². The van der Waals surface area contributed by atoms with Crippen molar-refractivity contribution in [3.05, 3.63) is 35.6 Å². The van der Waals surface area contributed by atoms with E-state index in [2.05, 4.69) is 5.32 Å². The Kier molecular flexibility index (Phi) is 4.82. The van der Waals surface area contributed by atoms with Crippen LogP contribution in [0, 0.1) is 5.82 Å². The third-order valence-corrected chi connectivity index (χ3v) is 2.40. The van der Waals surface area contributed by atoms with E-state index in [9.17, 15) is 9.18 Å². The highest BCUT2D eigenvalue weighted by atomic mass is 19.1. The van der Waals surface area contributed by atoms with Crippen molar-refractivity contribution < 1.29 is 9.18 Å². The lowest BCUT2D eigenvalue weighted by Crippen LogP contribution is -2.37. The van der Waals surface area contributed by atoms with E-state index in [0.29, 0.717) is 18.5 Å². The molecule has 2 nitrogen and oxygen atoms in total. The number of nitrogens with one attached hydrogen (secondary N) is 1. The van der Waals surface area contributed by atoms with E-state index in [1.165, 1.54) is 6.07 Å². The number of halogens is 1. The minimum Gasteiger partial charge on any atom is -0.312 e. The molecule has 1 aromatic carbocycles. The van der Waals surface area contributed by atoms with Gasteiger partial charge in [0.2, 0.25) is 0 Å². The van der Waals surface area contributed by atoms with Gasteiger partial charge in [0.15, 0.2) is 0 Å². The van der Waals surface area contributed by atoms with Gasteiger partial charge in [-0.1, -0.05) is 18.2 Å². The normalized spacial score (nSPS) is 11.5. The molecule has 0 saturated heterocycles. The van der Waals surface area contributed by atoms with Gasteiger partial charge in [0.1, 0.15) is 11.6 Å². The number of Topliss-reactive ketones (excluding diaryl/α,β-unsaturated/α-hetero) is 1. The second kappa shape index (κ2) is 5.92. The summed E-state index contributed by atoms with van der Waals surface area (Å²) in [6.07, 6.45) is 0.615. The molecule has 1 rings (SSSR count). The van der Waals surface area contributed by atoms with Crippen LogP contribution in [0.3, 0.4) is 0 Å². The SMILES string of the molecule is CC(C)(C)NCCC(=O)Cc1ccccc1F. The summed E-state index contributed by atoms with van der Waals surface area (Å²) in [6, 6.07) is 6.42. The van der Waals surface area contributed by atoms with E-state index in [-0.39, 0.29) is 23.6 Å². The maximum atomic E-state index is 13.3. The minimum absolute atomic E-state index is 0.0122. The van der Waals surface area contributed by atoms with Crippen LogP contribution >= 0.6 is 0 Å². The van der Waals surface area contributed by atoms with Crippen LogP contribution in [0.4, 0.5) is 4.39 Å². The molecule has 3 heteroatoms. The largest absolute Gasteiger partial charge is 0.312 e. The van der Waals surface area contributed by atoms with Crippen LogP contribution < -0.4 is 5.32 Å². The summed E-state index contributed by atoms with van der Waals surface area (Å²) < 4.78 is 13.3. The van der Waals surface area contributed by atoms with E-state index in [1.807, 2.05) is 20.8 Å². The topological polar surface area (TPSA) is 29.1 Å². The first kappa shape index (κ1) is 13.8. The van der Waals surface area contributed by atoms with Crippen LogP contribution in [0.15, 0.2) is 24.3 Å². The van der Waals surface area contributed by atoms with Crippen molar-refractivity contribution in [1.82, 2.24) is 5.32 Å². The van der Waals surface area contributed by atoms with Crippen molar-refractivity contribution in [3.63, 3.8) is 0 Å². The van der Waals surface area contributed by atoms with Gasteiger partial charge in [-0.15, -0.1) is 0 Å². The molecular formula is C14H20FNO. The van der Waals surface area contributed by atoms with E-state index in [4.69, 9.17) is 0 Å². The Balaban J connectivity index is 2.38. The van der Waals surface area contributed by atoms with Crippen LogP contribution in [-0.2, 0) is 11.2 Å². The molecule has 0 atom stereocenters. The van der Waals surface area contributed by atoms with Crippen LogP contribution in [0.25, 0.3) is 0 Å². The van der Waals surface area contributed by atoms with Gasteiger partial charge in [-0.05, 0) is 32.4 Å². The van der Waals surface area contributed by atoms with Crippen molar-refractivity contribution in [2.24, 2.45) is 0 Å². The van der Waals surface area contributed by atoms with Crippen molar-refractivity contribution >= 4 is 5.78 Å². The van der Waals surface area contributed by atoms with Crippen molar-refractivity contribution in [1.29, 1.82) is 0 Å². The quantitative estimate of drug-likeness (QED) is 0.853. The fraction of sp³-hybridized carbons (Fsp3) is 0.500. The first-order chi connectivity index (χ1) is 7.88. The predicted octanol–water partition coefficient (Wildman–Crippen LogP) is 2.72. The fourth-order valence-electron chi connectivity index (χ4n) is 1.52. The summed E-state index contributed by atoms with van der Waals surface area (Å²) in [5, 5.41) is 3.24. The number of carbonyl (C=O) groups excluding carboxylic acids is 1. The molecule has 0 heterocycles. The molecule has 0 aliphatic carbocycles. The predicted molar refractivity (Wildman–Crippen MR) is 67.5 cm³/mol. The highest BCUT2D eigenvalue weighted by Crippen LogP contribution is 2.08. The molecule has 1 aromatic rings. The highest BCUT2D eigenvalue weighted by molar-refractivity contribution is 5.81. The zero-order valence-electron chi connectivity index (χ0n) is 10.7. The lowest BCUT2D eigenvalue weighted by atomic mass is 10.1. The molecular weight excluding hydrogens is 217 g/mol. The van der Waals surface area contributed by atoms with Gasteiger partial charge in [0, 0.05) is 24.9 Å². The second-order valence-corrected chi connectivity index (χ2v) is 5.23. The Morgan fingerprint density at radius 2 is 1.94 bits per heavy atom. The summed E-state index contributed by atoms with van der Waals surface area (Å²) >= 11 is 0. The molecule has 0 spiro atoms. The number of hydrogen-bond acceptors (Lipinski definition) is 2. The molecule has 1 N–H and O–H groups in total. The molecule has 0 unspecified atom stereocenters. The van der Waals surface area contributed by atoms with E-state index < -0.39 is 0 Å². The Morgan fingerprint density at radius 1 is 1.29 bits per heavy atom. The van der Waals surface area contributed by atoms with E-state index >= 15 is 0 Å². The first-order valence-electron chi connectivity index (χ1n) is 5.88. The maximum Gasteiger partial charge on any atom is 0.138 e. The molecule has 0 aromatic heterocycles. The fourth-order valence-corrected chi connectivity index (χ4v) is 1.52. The molecule has 17 heavy (non-hydrogen) atoms. The summed E-state index contributed by atoms with van der Waals surface area (Å²) in [7, 11) is 0. The molecule has 0 radical (unpaired) electrons. The van der Waals surface area contributed by atoms with Gasteiger partial charge in [-0.2, -0.15) is 0 Å².